The van der Waals surface area contributed by atoms with Gasteiger partial charge in [0.25, 0.3) is 0 Å². The molecular formula is C17H14INO. The molecule has 100 valence electrons. The van der Waals surface area contributed by atoms with Crippen molar-refractivity contribution in [1.29, 1.82) is 0 Å². The van der Waals surface area contributed by atoms with E-state index < -0.39 is 0 Å². The molecule has 0 aliphatic rings. The molecule has 2 aromatic carbocycles. The first-order valence-electron chi connectivity index (χ1n) is 6.42. The van der Waals surface area contributed by atoms with Crippen LogP contribution in [0.15, 0.2) is 48.7 Å². The Balaban J connectivity index is 2.17. The van der Waals surface area contributed by atoms with E-state index in [0.29, 0.717) is 0 Å². The fourth-order valence-corrected chi connectivity index (χ4v) is 3.00. The van der Waals surface area contributed by atoms with Crippen molar-refractivity contribution in [2.75, 3.05) is 0 Å². The summed E-state index contributed by atoms with van der Waals surface area (Å²) in [5.74, 6) is 0.0815. The zero-order chi connectivity index (χ0) is 14.3. The van der Waals surface area contributed by atoms with Gasteiger partial charge in [-0.25, -0.2) is 0 Å². The fourth-order valence-electron chi connectivity index (χ4n) is 2.46. The lowest BCUT2D eigenvalue weighted by molar-refractivity contribution is 0.104. The number of nitrogens with zero attached hydrogens (tertiary/aromatic N) is 1. The Morgan fingerprint density at radius 1 is 1.15 bits per heavy atom. The molecule has 0 aliphatic heterocycles. The largest absolute Gasteiger partial charge is 0.350 e. The summed E-state index contributed by atoms with van der Waals surface area (Å²) in [4.78, 5) is 12.7. The van der Waals surface area contributed by atoms with Gasteiger partial charge in [-0.2, -0.15) is 0 Å². The number of carbonyl (C=O) groups is 1. The van der Waals surface area contributed by atoms with Crippen LogP contribution >= 0.6 is 22.6 Å². The van der Waals surface area contributed by atoms with E-state index in [1.165, 1.54) is 5.56 Å². The molecule has 0 atom stereocenters. The lowest BCUT2D eigenvalue weighted by Gasteiger charge is -2.01. The van der Waals surface area contributed by atoms with Gasteiger partial charge >= 0.3 is 0 Å². The maximum absolute atomic E-state index is 12.7. The first kappa shape index (κ1) is 13.4. The second-order valence-corrected chi connectivity index (χ2v) is 6.26. The van der Waals surface area contributed by atoms with E-state index in [4.69, 9.17) is 0 Å². The van der Waals surface area contributed by atoms with Crippen molar-refractivity contribution in [3.05, 3.63) is 68.9 Å². The van der Waals surface area contributed by atoms with Crippen molar-refractivity contribution in [2.24, 2.45) is 7.05 Å². The summed E-state index contributed by atoms with van der Waals surface area (Å²) in [6.07, 6.45) is 1.92. The number of aromatic nitrogens is 1. The number of aryl methyl sites for hydroxylation is 2. The van der Waals surface area contributed by atoms with Gasteiger partial charge in [0, 0.05) is 38.8 Å². The molecule has 0 bridgehead atoms. The van der Waals surface area contributed by atoms with Crippen LogP contribution in [0.4, 0.5) is 0 Å². The Labute approximate surface area is 131 Å². The molecule has 2 nitrogen and oxygen atoms in total. The SMILES string of the molecule is Cc1ccc2c(C(=O)c3cccc(I)c3)cn(C)c2c1. The summed E-state index contributed by atoms with van der Waals surface area (Å²) in [5, 5.41) is 1.02. The van der Waals surface area contributed by atoms with Crippen LogP contribution in [-0.2, 0) is 7.05 Å². The van der Waals surface area contributed by atoms with Crippen LogP contribution in [0, 0.1) is 10.5 Å². The third-order valence-electron chi connectivity index (χ3n) is 3.48. The average Bonchev–Trinajstić information content (AvgIpc) is 2.75. The predicted octanol–water partition coefficient (Wildman–Crippen LogP) is 4.32. The Kier molecular flexibility index (Phi) is 3.38. The zero-order valence-corrected chi connectivity index (χ0v) is 13.5. The van der Waals surface area contributed by atoms with Gasteiger partial charge in [-0.3, -0.25) is 4.79 Å². The van der Waals surface area contributed by atoms with E-state index in [-0.39, 0.29) is 5.78 Å². The van der Waals surface area contributed by atoms with E-state index in [1.807, 2.05) is 54.2 Å². The Hall–Kier alpha value is -1.62. The molecule has 0 saturated carbocycles. The second-order valence-electron chi connectivity index (χ2n) is 5.01. The van der Waals surface area contributed by atoms with Gasteiger partial charge in [-0.15, -0.1) is 0 Å². The molecule has 0 saturated heterocycles. The van der Waals surface area contributed by atoms with Crippen molar-refractivity contribution >= 4 is 39.3 Å². The van der Waals surface area contributed by atoms with Gasteiger partial charge in [0.05, 0.1) is 0 Å². The molecule has 1 heterocycles. The van der Waals surface area contributed by atoms with Crippen LogP contribution in [-0.4, -0.2) is 10.4 Å². The highest BCUT2D eigenvalue weighted by molar-refractivity contribution is 14.1. The highest BCUT2D eigenvalue weighted by atomic mass is 127. The molecule has 20 heavy (non-hydrogen) atoms. The Morgan fingerprint density at radius 3 is 2.70 bits per heavy atom. The molecule has 0 fully saturated rings. The molecule has 0 spiro atoms. The van der Waals surface area contributed by atoms with Crippen LogP contribution < -0.4 is 0 Å². The summed E-state index contributed by atoms with van der Waals surface area (Å²) in [6, 6.07) is 13.9. The Morgan fingerprint density at radius 2 is 1.95 bits per heavy atom. The number of benzene rings is 2. The summed E-state index contributed by atoms with van der Waals surface area (Å²) < 4.78 is 3.09. The molecule has 0 amide bonds. The highest BCUT2D eigenvalue weighted by Gasteiger charge is 2.15. The zero-order valence-electron chi connectivity index (χ0n) is 11.4. The second kappa shape index (κ2) is 5.05. The number of hydrogen-bond acceptors (Lipinski definition) is 1. The standard InChI is InChI=1S/C17H14INO/c1-11-6-7-14-15(10-19(2)16(14)8-11)17(20)12-4-3-5-13(18)9-12/h3-10H,1-2H3. The minimum Gasteiger partial charge on any atom is -0.350 e. The highest BCUT2D eigenvalue weighted by Crippen LogP contribution is 2.24. The van der Waals surface area contributed by atoms with Gasteiger partial charge in [-0.05, 0) is 53.3 Å². The van der Waals surface area contributed by atoms with Crippen molar-refractivity contribution < 1.29 is 4.79 Å². The van der Waals surface area contributed by atoms with Gasteiger partial charge in [0.1, 0.15) is 0 Å². The first-order valence-corrected chi connectivity index (χ1v) is 7.50. The maximum Gasteiger partial charge on any atom is 0.195 e. The lowest BCUT2D eigenvalue weighted by Crippen LogP contribution is -2.00. The summed E-state index contributed by atoms with van der Waals surface area (Å²) in [7, 11) is 1.98. The summed E-state index contributed by atoms with van der Waals surface area (Å²) >= 11 is 2.23. The molecule has 0 N–H and O–H groups in total. The minimum atomic E-state index is 0.0815. The molecular weight excluding hydrogens is 361 g/mol. The predicted molar refractivity (Wildman–Crippen MR) is 90.2 cm³/mol. The van der Waals surface area contributed by atoms with E-state index in [0.717, 1.165) is 25.6 Å². The number of halogens is 1. The van der Waals surface area contributed by atoms with Gasteiger partial charge in [0.2, 0.25) is 0 Å². The van der Waals surface area contributed by atoms with E-state index in [2.05, 4.69) is 35.6 Å². The fraction of sp³-hybridized carbons (Fsp3) is 0.118. The maximum atomic E-state index is 12.7. The van der Waals surface area contributed by atoms with Crippen LogP contribution in [0.2, 0.25) is 0 Å². The number of ketones is 1. The first-order chi connectivity index (χ1) is 9.56. The quantitative estimate of drug-likeness (QED) is 0.483. The van der Waals surface area contributed by atoms with Crippen LogP contribution in [0.5, 0.6) is 0 Å². The van der Waals surface area contributed by atoms with Crippen molar-refractivity contribution in [3.63, 3.8) is 0 Å². The average molecular weight is 375 g/mol. The van der Waals surface area contributed by atoms with Gasteiger partial charge in [0.15, 0.2) is 5.78 Å². The molecule has 0 unspecified atom stereocenters. The molecule has 3 rings (SSSR count). The monoisotopic (exact) mass is 375 g/mol. The van der Waals surface area contributed by atoms with Crippen molar-refractivity contribution in [3.8, 4) is 0 Å². The molecule has 0 aliphatic carbocycles. The number of fused-ring (bicyclic) bond motifs is 1. The molecule has 1 aromatic heterocycles. The van der Waals surface area contributed by atoms with Crippen LogP contribution in [0.1, 0.15) is 21.5 Å². The van der Waals surface area contributed by atoms with Crippen LogP contribution in [0.25, 0.3) is 10.9 Å². The topological polar surface area (TPSA) is 22.0 Å². The van der Waals surface area contributed by atoms with E-state index >= 15 is 0 Å². The van der Waals surface area contributed by atoms with E-state index in [9.17, 15) is 4.79 Å². The molecule has 3 aromatic rings. The number of carbonyl (C=O) groups excluding carboxylic acids is 1. The minimum absolute atomic E-state index is 0.0815. The van der Waals surface area contributed by atoms with Crippen molar-refractivity contribution in [1.82, 2.24) is 4.57 Å². The van der Waals surface area contributed by atoms with Crippen molar-refractivity contribution in [2.45, 2.75) is 6.92 Å². The third-order valence-corrected chi connectivity index (χ3v) is 4.15. The smallest absolute Gasteiger partial charge is 0.195 e. The van der Waals surface area contributed by atoms with E-state index in [1.54, 1.807) is 0 Å². The molecule has 3 heteroatoms. The lowest BCUT2D eigenvalue weighted by atomic mass is 10.0. The van der Waals surface area contributed by atoms with Gasteiger partial charge in [-0.1, -0.05) is 24.3 Å². The number of rotatable bonds is 2. The van der Waals surface area contributed by atoms with Crippen LogP contribution in [0.3, 0.4) is 0 Å². The number of hydrogen-bond donors (Lipinski definition) is 0. The summed E-state index contributed by atoms with van der Waals surface area (Å²) in [6.45, 7) is 2.06. The Bertz CT molecular complexity index is 817. The normalized spacial score (nSPS) is 10.9. The third kappa shape index (κ3) is 2.26. The van der Waals surface area contributed by atoms with Gasteiger partial charge < -0.3 is 4.57 Å². The molecule has 0 radical (unpaired) electrons. The summed E-state index contributed by atoms with van der Waals surface area (Å²) in [5.41, 5.74) is 3.81.